The largest absolute Gasteiger partial charge is 0.390 e. The minimum atomic E-state index is -1.02. The van der Waals surface area contributed by atoms with Crippen LogP contribution in [0.25, 0.3) is 0 Å². The molecule has 0 aliphatic heterocycles. The fourth-order valence-corrected chi connectivity index (χ4v) is 1.87. The van der Waals surface area contributed by atoms with E-state index in [9.17, 15) is 14.6 Å². The molecule has 1 aromatic rings. The minimum absolute atomic E-state index is 0.275. The predicted molar refractivity (Wildman–Crippen MR) is 62.2 cm³/mol. The Hall–Kier alpha value is -0.640. The lowest BCUT2D eigenvalue weighted by Gasteiger charge is -2.18. The van der Waals surface area contributed by atoms with Crippen molar-refractivity contribution in [1.82, 2.24) is 0 Å². The van der Waals surface area contributed by atoms with Crippen molar-refractivity contribution in [2.24, 2.45) is 0 Å². The van der Waals surface area contributed by atoms with E-state index in [1.54, 1.807) is 26.0 Å². The van der Waals surface area contributed by atoms with Crippen LogP contribution in [0.3, 0.4) is 0 Å². The number of alkyl halides is 1. The molecule has 0 amide bonds. The fraction of sp³-hybridized carbons (Fsp3) is 0.500. The van der Waals surface area contributed by atoms with Crippen LogP contribution in [0.1, 0.15) is 29.2 Å². The molecule has 0 aromatic heterocycles. The second kappa shape index (κ2) is 5.62. The van der Waals surface area contributed by atoms with Crippen LogP contribution in [-0.4, -0.2) is 22.2 Å². The highest BCUT2D eigenvalue weighted by Crippen LogP contribution is 2.23. The Bertz CT molecular complexity index is 345. The number of aliphatic hydroxyl groups is 2. The highest BCUT2D eigenvalue weighted by Gasteiger charge is 2.19. The standard InChI is InChI=1S/C12H16ClFO2/c1-7-5-9(6-8(2)11(7)14)12(16)10(15)3-4-13/h5-6,10,12,15-16H,3-4H2,1-2H3. The molecule has 2 nitrogen and oxygen atoms in total. The van der Waals surface area contributed by atoms with Gasteiger partial charge in [0.05, 0.1) is 6.10 Å². The van der Waals surface area contributed by atoms with Crippen LogP contribution in [0.4, 0.5) is 4.39 Å². The van der Waals surface area contributed by atoms with E-state index in [1.807, 2.05) is 0 Å². The summed E-state index contributed by atoms with van der Waals surface area (Å²) in [6, 6.07) is 3.09. The molecular formula is C12H16ClFO2. The van der Waals surface area contributed by atoms with E-state index in [2.05, 4.69) is 0 Å². The summed E-state index contributed by atoms with van der Waals surface area (Å²) in [6.45, 7) is 3.26. The summed E-state index contributed by atoms with van der Waals surface area (Å²) in [5, 5.41) is 19.4. The second-order valence-electron chi connectivity index (χ2n) is 3.96. The monoisotopic (exact) mass is 246 g/mol. The molecule has 0 bridgehead atoms. The zero-order valence-electron chi connectivity index (χ0n) is 9.37. The first-order valence-corrected chi connectivity index (χ1v) is 5.69. The SMILES string of the molecule is Cc1cc(C(O)C(O)CCCl)cc(C)c1F. The summed E-state index contributed by atoms with van der Waals surface area (Å²) in [7, 11) is 0. The van der Waals surface area contributed by atoms with Crippen LogP contribution in [0, 0.1) is 19.7 Å². The molecule has 0 spiro atoms. The number of halogens is 2. The molecule has 1 aromatic carbocycles. The van der Waals surface area contributed by atoms with Crippen molar-refractivity contribution in [3.63, 3.8) is 0 Å². The summed E-state index contributed by atoms with van der Waals surface area (Å²) in [5.74, 6) is -0.0000166. The van der Waals surface area contributed by atoms with Crippen molar-refractivity contribution in [3.05, 3.63) is 34.6 Å². The van der Waals surface area contributed by atoms with E-state index in [0.29, 0.717) is 23.1 Å². The van der Waals surface area contributed by atoms with Gasteiger partial charge in [-0.25, -0.2) is 4.39 Å². The van der Waals surface area contributed by atoms with Crippen molar-refractivity contribution in [2.45, 2.75) is 32.5 Å². The van der Waals surface area contributed by atoms with E-state index in [1.165, 1.54) is 0 Å². The van der Waals surface area contributed by atoms with Crippen LogP contribution >= 0.6 is 11.6 Å². The third-order valence-corrected chi connectivity index (χ3v) is 2.79. The lowest BCUT2D eigenvalue weighted by Crippen LogP contribution is -2.19. The van der Waals surface area contributed by atoms with Crippen LogP contribution in [0.5, 0.6) is 0 Å². The fourth-order valence-electron chi connectivity index (χ4n) is 1.64. The smallest absolute Gasteiger partial charge is 0.129 e. The molecule has 1 rings (SSSR count). The highest BCUT2D eigenvalue weighted by atomic mass is 35.5. The molecule has 2 N–H and O–H groups in total. The van der Waals surface area contributed by atoms with Crippen molar-refractivity contribution in [1.29, 1.82) is 0 Å². The van der Waals surface area contributed by atoms with Crippen molar-refractivity contribution in [2.75, 3.05) is 5.88 Å². The second-order valence-corrected chi connectivity index (χ2v) is 4.34. The summed E-state index contributed by atoms with van der Waals surface area (Å²) < 4.78 is 13.4. The Morgan fingerprint density at radius 2 is 1.75 bits per heavy atom. The summed E-state index contributed by atoms with van der Waals surface area (Å²) in [4.78, 5) is 0. The first-order chi connectivity index (χ1) is 7.47. The van der Waals surface area contributed by atoms with Gasteiger partial charge in [-0.3, -0.25) is 0 Å². The van der Waals surface area contributed by atoms with Gasteiger partial charge < -0.3 is 10.2 Å². The van der Waals surface area contributed by atoms with E-state index in [4.69, 9.17) is 11.6 Å². The van der Waals surface area contributed by atoms with Gasteiger partial charge in [0, 0.05) is 5.88 Å². The zero-order valence-corrected chi connectivity index (χ0v) is 10.1. The van der Waals surface area contributed by atoms with Gasteiger partial charge >= 0.3 is 0 Å². The Morgan fingerprint density at radius 3 is 2.19 bits per heavy atom. The van der Waals surface area contributed by atoms with Crippen molar-refractivity contribution < 1.29 is 14.6 Å². The van der Waals surface area contributed by atoms with Crippen LogP contribution in [0.2, 0.25) is 0 Å². The van der Waals surface area contributed by atoms with Crippen LogP contribution < -0.4 is 0 Å². The third kappa shape index (κ3) is 2.94. The van der Waals surface area contributed by atoms with Gasteiger partial charge in [0.15, 0.2) is 0 Å². The molecule has 2 atom stereocenters. The molecule has 16 heavy (non-hydrogen) atoms. The number of aliphatic hydroxyl groups excluding tert-OH is 2. The average Bonchev–Trinajstić information content (AvgIpc) is 2.24. The Kier molecular flexibility index (Phi) is 4.71. The molecule has 0 aliphatic rings. The van der Waals surface area contributed by atoms with Crippen LogP contribution in [0.15, 0.2) is 12.1 Å². The van der Waals surface area contributed by atoms with Gasteiger partial charge in [-0.15, -0.1) is 11.6 Å². The first-order valence-electron chi connectivity index (χ1n) is 5.16. The maximum atomic E-state index is 13.4. The Labute approximate surface area is 99.7 Å². The van der Waals surface area contributed by atoms with Gasteiger partial charge in [0.1, 0.15) is 11.9 Å². The molecule has 0 saturated carbocycles. The summed E-state index contributed by atoms with van der Waals surface area (Å²) in [5.41, 5.74) is 1.45. The molecule has 0 saturated heterocycles. The Morgan fingerprint density at radius 1 is 1.25 bits per heavy atom. The van der Waals surface area contributed by atoms with E-state index < -0.39 is 12.2 Å². The number of hydrogen-bond donors (Lipinski definition) is 2. The molecular weight excluding hydrogens is 231 g/mol. The molecule has 2 unspecified atom stereocenters. The summed E-state index contributed by atoms with van der Waals surface area (Å²) in [6.07, 6.45) is -1.63. The van der Waals surface area contributed by atoms with Gasteiger partial charge in [0.25, 0.3) is 0 Å². The van der Waals surface area contributed by atoms with Gasteiger partial charge in [-0.2, -0.15) is 0 Å². The lowest BCUT2D eigenvalue weighted by molar-refractivity contribution is 0.0169. The summed E-state index contributed by atoms with van der Waals surface area (Å²) >= 11 is 5.48. The van der Waals surface area contributed by atoms with Crippen molar-refractivity contribution >= 4 is 11.6 Å². The van der Waals surface area contributed by atoms with Gasteiger partial charge in [-0.05, 0) is 37.0 Å². The van der Waals surface area contributed by atoms with Crippen molar-refractivity contribution in [3.8, 4) is 0 Å². The maximum Gasteiger partial charge on any atom is 0.129 e. The molecule has 4 heteroatoms. The molecule has 90 valence electrons. The van der Waals surface area contributed by atoms with E-state index in [-0.39, 0.29) is 11.7 Å². The average molecular weight is 247 g/mol. The molecule has 0 fully saturated rings. The highest BCUT2D eigenvalue weighted by molar-refractivity contribution is 6.17. The maximum absolute atomic E-state index is 13.4. The van der Waals surface area contributed by atoms with E-state index >= 15 is 0 Å². The van der Waals surface area contributed by atoms with Crippen LogP contribution in [-0.2, 0) is 0 Å². The molecule has 0 aliphatic carbocycles. The number of benzene rings is 1. The number of hydrogen-bond acceptors (Lipinski definition) is 2. The lowest BCUT2D eigenvalue weighted by atomic mass is 9.98. The topological polar surface area (TPSA) is 40.5 Å². The third-order valence-electron chi connectivity index (χ3n) is 2.57. The normalized spacial score (nSPS) is 14.9. The van der Waals surface area contributed by atoms with Gasteiger partial charge in [0.2, 0.25) is 0 Å². The zero-order chi connectivity index (χ0) is 12.3. The minimum Gasteiger partial charge on any atom is -0.390 e. The van der Waals surface area contributed by atoms with E-state index in [0.717, 1.165) is 0 Å². The molecule has 0 radical (unpaired) electrons. The predicted octanol–water partition coefficient (Wildman–Crippen LogP) is 2.47. The first kappa shape index (κ1) is 13.4. The molecule has 0 heterocycles. The quantitative estimate of drug-likeness (QED) is 0.802. The Balaban J connectivity index is 2.96. The number of aryl methyl sites for hydroxylation is 2. The van der Waals surface area contributed by atoms with Gasteiger partial charge in [-0.1, -0.05) is 12.1 Å². The number of rotatable bonds is 4.